The Kier molecular flexibility index (Phi) is 4.92. The second-order valence-electron chi connectivity index (χ2n) is 7.57. The Morgan fingerprint density at radius 1 is 0.903 bits per heavy atom. The number of nitrogens with one attached hydrogen (secondary N) is 1. The molecule has 0 fully saturated rings. The number of aromatic nitrogens is 1. The minimum Gasteiger partial charge on any atom is -0.456 e. The molecule has 3 aromatic carbocycles. The van der Waals surface area contributed by atoms with E-state index in [4.69, 9.17) is 21.1 Å². The van der Waals surface area contributed by atoms with E-state index in [1.54, 1.807) is 0 Å². The van der Waals surface area contributed by atoms with Gasteiger partial charge in [-0.25, -0.2) is 4.98 Å². The highest BCUT2D eigenvalue weighted by molar-refractivity contribution is 6.30. The van der Waals surface area contributed by atoms with Gasteiger partial charge in [-0.3, -0.25) is 5.43 Å². The minimum atomic E-state index is 0.685. The van der Waals surface area contributed by atoms with Crippen molar-refractivity contribution in [2.24, 2.45) is 5.10 Å². The SMILES string of the molecule is Cc1cc(C)c2oc(-c3ccc(Cl)cc3)c/c(=N\Nc3ccc4ccccc4n3)c2c1. The van der Waals surface area contributed by atoms with Crippen molar-refractivity contribution < 1.29 is 4.42 Å². The van der Waals surface area contributed by atoms with Crippen molar-refractivity contribution in [2.75, 3.05) is 5.43 Å². The maximum Gasteiger partial charge on any atom is 0.146 e. The van der Waals surface area contributed by atoms with Gasteiger partial charge in [-0.15, -0.1) is 0 Å². The van der Waals surface area contributed by atoms with E-state index in [0.717, 1.165) is 49.7 Å². The number of pyridine rings is 1. The van der Waals surface area contributed by atoms with Crippen LogP contribution in [0.15, 0.2) is 88.4 Å². The van der Waals surface area contributed by atoms with Gasteiger partial charge in [0.05, 0.1) is 10.9 Å². The van der Waals surface area contributed by atoms with Gasteiger partial charge in [-0.05, 0) is 73.5 Å². The van der Waals surface area contributed by atoms with Gasteiger partial charge in [-0.1, -0.05) is 35.9 Å². The van der Waals surface area contributed by atoms with Gasteiger partial charge in [0, 0.05) is 27.4 Å². The summed E-state index contributed by atoms with van der Waals surface area (Å²) in [7, 11) is 0. The number of hydrogen-bond acceptors (Lipinski definition) is 4. The molecule has 5 heteroatoms. The first-order valence-electron chi connectivity index (χ1n) is 10.0. The van der Waals surface area contributed by atoms with E-state index < -0.39 is 0 Å². The summed E-state index contributed by atoms with van der Waals surface area (Å²) in [5, 5.41) is 8.21. The Hall–Kier alpha value is -3.63. The Morgan fingerprint density at radius 3 is 2.55 bits per heavy atom. The van der Waals surface area contributed by atoms with Gasteiger partial charge in [0.2, 0.25) is 0 Å². The molecule has 0 unspecified atom stereocenters. The lowest BCUT2D eigenvalue weighted by molar-refractivity contribution is 0.615. The van der Waals surface area contributed by atoms with Gasteiger partial charge in [0.25, 0.3) is 0 Å². The third-order valence-corrected chi connectivity index (χ3v) is 5.44. The van der Waals surface area contributed by atoms with Crippen molar-refractivity contribution in [3.63, 3.8) is 0 Å². The number of hydrogen-bond donors (Lipinski definition) is 1. The van der Waals surface area contributed by atoms with Crippen LogP contribution in [0.1, 0.15) is 11.1 Å². The molecule has 0 aliphatic rings. The lowest BCUT2D eigenvalue weighted by atomic mass is 10.1. The molecule has 0 aliphatic heterocycles. The Balaban J connectivity index is 1.66. The second kappa shape index (κ2) is 7.89. The molecule has 0 aliphatic carbocycles. The monoisotopic (exact) mass is 425 g/mol. The fourth-order valence-corrected chi connectivity index (χ4v) is 3.84. The third-order valence-electron chi connectivity index (χ3n) is 5.19. The first-order chi connectivity index (χ1) is 15.1. The van der Waals surface area contributed by atoms with Crippen LogP contribution in [0, 0.1) is 13.8 Å². The highest BCUT2D eigenvalue weighted by atomic mass is 35.5. The number of aryl methyl sites for hydroxylation is 2. The maximum absolute atomic E-state index is 6.28. The Labute approximate surface area is 184 Å². The average molecular weight is 426 g/mol. The molecule has 1 N–H and O–H groups in total. The van der Waals surface area contributed by atoms with E-state index in [2.05, 4.69) is 29.5 Å². The normalized spacial score (nSPS) is 11.9. The van der Waals surface area contributed by atoms with Crippen LogP contribution in [0.3, 0.4) is 0 Å². The fraction of sp³-hybridized carbons (Fsp3) is 0.0769. The fourth-order valence-electron chi connectivity index (χ4n) is 3.72. The molecule has 0 spiro atoms. The van der Waals surface area contributed by atoms with Crippen LogP contribution in [-0.2, 0) is 0 Å². The van der Waals surface area contributed by atoms with Crippen molar-refractivity contribution in [1.82, 2.24) is 4.98 Å². The molecule has 4 nitrogen and oxygen atoms in total. The molecule has 2 heterocycles. The third kappa shape index (κ3) is 3.90. The minimum absolute atomic E-state index is 0.685. The van der Waals surface area contributed by atoms with Crippen molar-refractivity contribution in [3.05, 3.63) is 100 Å². The summed E-state index contributed by atoms with van der Waals surface area (Å²) < 4.78 is 6.28. The number of fused-ring (bicyclic) bond motifs is 2. The molecule has 5 aromatic rings. The van der Waals surface area contributed by atoms with Crippen LogP contribution < -0.4 is 10.8 Å². The van der Waals surface area contributed by atoms with Crippen molar-refractivity contribution >= 4 is 39.3 Å². The average Bonchev–Trinajstić information content (AvgIpc) is 2.78. The number of anilines is 1. The van der Waals surface area contributed by atoms with Gasteiger partial charge < -0.3 is 4.42 Å². The molecule has 0 amide bonds. The van der Waals surface area contributed by atoms with Gasteiger partial charge in [-0.2, -0.15) is 5.10 Å². The van der Waals surface area contributed by atoms with E-state index >= 15 is 0 Å². The summed E-state index contributed by atoms with van der Waals surface area (Å²) in [4.78, 5) is 4.65. The first kappa shape index (κ1) is 19.3. The quantitative estimate of drug-likeness (QED) is 0.322. The second-order valence-corrected chi connectivity index (χ2v) is 8.01. The predicted octanol–water partition coefficient (Wildman–Crippen LogP) is 6.85. The standard InChI is InChI=1S/C26H20ClN3O/c1-16-13-17(2)26-21(14-16)23(15-24(31-26)19-7-10-20(27)11-8-19)29-30-25-12-9-18-5-3-4-6-22(18)28-25/h3-15H,1-2H3,(H,28,30)/b29-23+. The van der Waals surface area contributed by atoms with Crippen LogP contribution in [0.4, 0.5) is 5.82 Å². The highest BCUT2D eigenvalue weighted by Crippen LogP contribution is 2.26. The number of nitrogens with zero attached hydrogens (tertiary/aromatic N) is 2. The summed E-state index contributed by atoms with van der Waals surface area (Å²) in [5.74, 6) is 1.41. The largest absolute Gasteiger partial charge is 0.456 e. The molecule has 0 saturated carbocycles. The molecule has 0 bridgehead atoms. The molecule has 152 valence electrons. The molecule has 0 saturated heterocycles. The van der Waals surface area contributed by atoms with Crippen LogP contribution >= 0.6 is 11.6 Å². The summed E-state index contributed by atoms with van der Waals surface area (Å²) >= 11 is 6.06. The molecule has 5 rings (SSSR count). The zero-order valence-electron chi connectivity index (χ0n) is 17.2. The number of para-hydroxylation sites is 1. The van der Waals surface area contributed by atoms with E-state index in [9.17, 15) is 0 Å². The lowest BCUT2D eigenvalue weighted by Crippen LogP contribution is -2.09. The number of halogens is 1. The summed E-state index contributed by atoms with van der Waals surface area (Å²) in [6, 6.07) is 25.7. The molecule has 0 radical (unpaired) electrons. The van der Waals surface area contributed by atoms with Gasteiger partial charge in [0.15, 0.2) is 0 Å². The summed E-state index contributed by atoms with van der Waals surface area (Å²) in [6.45, 7) is 4.12. The van der Waals surface area contributed by atoms with Crippen LogP contribution in [-0.4, -0.2) is 4.98 Å². The molecular formula is C26H20ClN3O. The Bertz CT molecular complexity index is 1490. The molecule has 0 atom stereocenters. The Morgan fingerprint density at radius 2 is 1.71 bits per heavy atom. The van der Waals surface area contributed by atoms with Crippen LogP contribution in [0.5, 0.6) is 0 Å². The first-order valence-corrected chi connectivity index (χ1v) is 10.4. The topological polar surface area (TPSA) is 50.4 Å². The van der Waals surface area contributed by atoms with Crippen molar-refractivity contribution in [3.8, 4) is 11.3 Å². The van der Waals surface area contributed by atoms with Crippen molar-refractivity contribution in [1.29, 1.82) is 0 Å². The van der Waals surface area contributed by atoms with Gasteiger partial charge in [0.1, 0.15) is 17.2 Å². The van der Waals surface area contributed by atoms with Crippen LogP contribution in [0.25, 0.3) is 33.2 Å². The zero-order valence-corrected chi connectivity index (χ0v) is 17.9. The van der Waals surface area contributed by atoms with Crippen LogP contribution in [0.2, 0.25) is 5.02 Å². The zero-order chi connectivity index (χ0) is 21.4. The molecular weight excluding hydrogens is 406 g/mol. The maximum atomic E-state index is 6.28. The van der Waals surface area contributed by atoms with E-state index in [0.29, 0.717) is 10.8 Å². The van der Waals surface area contributed by atoms with Gasteiger partial charge >= 0.3 is 0 Å². The number of rotatable bonds is 3. The lowest BCUT2D eigenvalue weighted by Gasteiger charge is -2.09. The predicted molar refractivity (Wildman–Crippen MR) is 127 cm³/mol. The van der Waals surface area contributed by atoms with E-state index in [-0.39, 0.29) is 0 Å². The van der Waals surface area contributed by atoms with Crippen molar-refractivity contribution in [2.45, 2.75) is 13.8 Å². The highest BCUT2D eigenvalue weighted by Gasteiger charge is 2.09. The summed E-state index contributed by atoms with van der Waals surface area (Å²) in [5.41, 5.74) is 8.00. The number of benzene rings is 3. The summed E-state index contributed by atoms with van der Waals surface area (Å²) in [6.07, 6.45) is 0. The smallest absolute Gasteiger partial charge is 0.146 e. The van der Waals surface area contributed by atoms with E-state index in [1.165, 1.54) is 0 Å². The van der Waals surface area contributed by atoms with E-state index in [1.807, 2.05) is 73.7 Å². The molecule has 2 aromatic heterocycles. The molecule has 31 heavy (non-hydrogen) atoms.